The summed E-state index contributed by atoms with van der Waals surface area (Å²) in [5.41, 5.74) is 8.46. The number of hydrogen-bond donors (Lipinski definition) is 0. The van der Waals surface area contributed by atoms with Gasteiger partial charge in [0.25, 0.3) is 0 Å². The Morgan fingerprint density at radius 3 is 2.15 bits per heavy atom. The molecule has 0 atom stereocenters. The monoisotopic (exact) mass is 797 g/mol. The van der Waals surface area contributed by atoms with E-state index in [0.29, 0.717) is 22.9 Å². The summed E-state index contributed by atoms with van der Waals surface area (Å²) >= 11 is 0. The molecule has 0 aliphatic carbocycles. The van der Waals surface area contributed by atoms with E-state index in [4.69, 9.17) is 23.5 Å². The van der Waals surface area contributed by atoms with E-state index in [0.717, 1.165) is 66.1 Å². The molecule has 0 aliphatic heterocycles. The minimum atomic E-state index is -0.132. The van der Waals surface area contributed by atoms with Crippen molar-refractivity contribution in [2.24, 2.45) is 0 Å². The minimum absolute atomic E-state index is 0. The molecule has 0 radical (unpaired) electrons. The predicted molar refractivity (Wildman–Crippen MR) is 186 cm³/mol. The van der Waals surface area contributed by atoms with Gasteiger partial charge >= 0.3 is 21.1 Å². The van der Waals surface area contributed by atoms with Crippen molar-refractivity contribution in [2.45, 2.75) is 59.3 Å². The second kappa shape index (κ2) is 11.1. The maximum absolute atomic E-state index is 6.60. The van der Waals surface area contributed by atoms with Crippen molar-refractivity contribution in [1.29, 1.82) is 0 Å². The first-order valence-electron chi connectivity index (χ1n) is 15.7. The van der Waals surface area contributed by atoms with Crippen LogP contribution < -0.4 is 4.74 Å². The van der Waals surface area contributed by atoms with Gasteiger partial charge in [0.05, 0.1) is 11.1 Å². The molecule has 4 heterocycles. The second-order valence-electron chi connectivity index (χ2n) is 14.2. The summed E-state index contributed by atoms with van der Waals surface area (Å²) in [4.78, 5) is 10.1. The van der Waals surface area contributed by atoms with Crippen LogP contribution in [0.15, 0.2) is 87.7 Å². The van der Waals surface area contributed by atoms with Crippen molar-refractivity contribution in [3.05, 3.63) is 108 Å². The smallest absolute Gasteiger partial charge is 0.472 e. The first-order valence-corrected chi connectivity index (χ1v) is 15.7. The Labute approximate surface area is 288 Å². The Bertz CT molecular complexity index is 2490. The molecule has 4 aromatic heterocycles. The van der Waals surface area contributed by atoms with Crippen molar-refractivity contribution in [3.8, 4) is 23.0 Å². The molecule has 0 bridgehead atoms. The van der Waals surface area contributed by atoms with E-state index in [9.17, 15) is 0 Å². The number of furan rings is 1. The summed E-state index contributed by atoms with van der Waals surface area (Å²) in [5, 5.41) is 4.64. The van der Waals surface area contributed by atoms with Crippen molar-refractivity contribution in [3.63, 3.8) is 0 Å². The quantitative estimate of drug-likeness (QED) is 0.167. The molecule has 0 fully saturated rings. The molecular formula is C41H34N2O3Pt. The number of rotatable bonds is 3. The molecule has 8 rings (SSSR count). The Morgan fingerprint density at radius 1 is 0.702 bits per heavy atom. The zero-order valence-electron chi connectivity index (χ0n) is 27.4. The van der Waals surface area contributed by atoms with Crippen LogP contribution in [0.25, 0.3) is 66.0 Å². The Balaban J connectivity index is 0.00000351. The summed E-state index contributed by atoms with van der Waals surface area (Å²) in [6, 6.07) is 33.4. The summed E-state index contributed by atoms with van der Waals surface area (Å²) in [6.45, 7) is 15.2. The number of fused-ring (bicyclic) bond motifs is 4. The van der Waals surface area contributed by atoms with Gasteiger partial charge in [0.1, 0.15) is 16.7 Å². The number of hydrogen-bond acceptors (Lipinski definition) is 5. The predicted octanol–water partition coefficient (Wildman–Crippen LogP) is 11.4. The largest absolute Gasteiger partial charge is 2.00 e. The third-order valence-corrected chi connectivity index (χ3v) is 8.76. The van der Waals surface area contributed by atoms with Crippen LogP contribution >= 0.6 is 0 Å². The van der Waals surface area contributed by atoms with Gasteiger partial charge < -0.3 is 13.6 Å². The fourth-order valence-corrected chi connectivity index (χ4v) is 6.20. The van der Waals surface area contributed by atoms with E-state index in [2.05, 4.69) is 77.9 Å². The molecule has 6 heteroatoms. The third-order valence-electron chi connectivity index (χ3n) is 8.76. The van der Waals surface area contributed by atoms with E-state index < -0.39 is 0 Å². The molecule has 0 unspecified atom stereocenters. The molecular weight excluding hydrogens is 764 g/mol. The van der Waals surface area contributed by atoms with E-state index in [-0.39, 0.29) is 31.9 Å². The fraction of sp³-hybridized carbons (Fsp3) is 0.220. The van der Waals surface area contributed by atoms with E-state index in [1.807, 2.05) is 61.5 Å². The molecule has 8 aromatic rings. The first-order chi connectivity index (χ1) is 21.9. The molecule has 4 aromatic carbocycles. The molecule has 236 valence electrons. The number of aryl methyl sites for hydroxylation is 1. The minimum Gasteiger partial charge on any atom is -0.472 e. The average molecular weight is 798 g/mol. The van der Waals surface area contributed by atoms with E-state index in [1.165, 1.54) is 5.56 Å². The average Bonchev–Trinajstić information content (AvgIpc) is 3.35. The van der Waals surface area contributed by atoms with Crippen LogP contribution in [0.1, 0.15) is 58.2 Å². The molecule has 5 nitrogen and oxygen atoms in total. The number of nitrogens with zero attached hydrogens (tertiary/aromatic N) is 2. The van der Waals surface area contributed by atoms with Crippen LogP contribution in [0.3, 0.4) is 0 Å². The van der Waals surface area contributed by atoms with Gasteiger partial charge in [0.15, 0.2) is 0 Å². The van der Waals surface area contributed by atoms with Crippen LogP contribution in [-0.2, 0) is 31.9 Å². The van der Waals surface area contributed by atoms with Crippen LogP contribution in [-0.4, -0.2) is 9.97 Å². The molecule has 0 aliphatic rings. The summed E-state index contributed by atoms with van der Waals surface area (Å²) in [5.74, 6) is 0.900. The van der Waals surface area contributed by atoms with Crippen molar-refractivity contribution >= 4 is 54.8 Å². The summed E-state index contributed by atoms with van der Waals surface area (Å²) < 4.78 is 19.6. The SMILES string of the molecule is Cc1cc(Oc2cc(C(C)(C)C)cc(-c3[c-]ccc(C(C)(C)C)c3)n2)nc2c1oc1cccc3oc4c5ccccc5[c-]c2c4c13.[Pt+2]. The number of pyridine rings is 2. The van der Waals surface area contributed by atoms with Crippen LogP contribution in [0.4, 0.5) is 0 Å². The molecule has 0 saturated heterocycles. The van der Waals surface area contributed by atoms with E-state index >= 15 is 0 Å². The van der Waals surface area contributed by atoms with Crippen molar-refractivity contribution in [1.82, 2.24) is 9.97 Å². The standard InChI is InChI=1S/C41H34N2O3.Pt/c1-23-18-33(46-34-22-27(41(5,6)7)21-30(42-34)25-13-10-14-26(19-25)40(2,3)4)43-37-29-20-24-12-8-9-15-28(24)39-35(29)36-31(44-38(23)37)16-11-17-32(36)45-39;/h8-12,14-19,21-22H,1-7H3;/q-2;+2. The number of ether oxygens (including phenoxy) is 1. The van der Waals surface area contributed by atoms with Crippen molar-refractivity contribution < 1.29 is 34.6 Å². The van der Waals surface area contributed by atoms with Crippen molar-refractivity contribution in [2.75, 3.05) is 0 Å². The summed E-state index contributed by atoms with van der Waals surface area (Å²) in [7, 11) is 0. The molecule has 0 spiro atoms. The zero-order chi connectivity index (χ0) is 32.0. The maximum Gasteiger partial charge on any atom is 2.00 e. The topological polar surface area (TPSA) is 61.3 Å². The molecule has 47 heavy (non-hydrogen) atoms. The Hall–Kier alpha value is -4.47. The van der Waals surface area contributed by atoms with Gasteiger partial charge in [-0.1, -0.05) is 77.3 Å². The number of benzene rings is 4. The maximum atomic E-state index is 6.60. The summed E-state index contributed by atoms with van der Waals surface area (Å²) in [6.07, 6.45) is 0. The Morgan fingerprint density at radius 2 is 1.40 bits per heavy atom. The van der Waals surface area contributed by atoms with Gasteiger partial charge in [-0.05, 0) is 57.5 Å². The van der Waals surface area contributed by atoms with Gasteiger partial charge in [-0.3, -0.25) is 4.98 Å². The van der Waals surface area contributed by atoms with Gasteiger partial charge in [-0.2, -0.15) is 0 Å². The van der Waals surface area contributed by atoms with Gasteiger partial charge in [0.2, 0.25) is 11.8 Å². The first kappa shape index (κ1) is 31.1. The van der Waals surface area contributed by atoms with Crippen LogP contribution in [0.5, 0.6) is 11.8 Å². The molecule has 0 N–H and O–H groups in total. The second-order valence-corrected chi connectivity index (χ2v) is 14.2. The van der Waals surface area contributed by atoms with E-state index in [1.54, 1.807) is 0 Å². The fourth-order valence-electron chi connectivity index (χ4n) is 6.20. The normalized spacial score (nSPS) is 12.4. The van der Waals surface area contributed by atoms with Gasteiger partial charge in [-0.25, -0.2) is 4.98 Å². The Kier molecular flexibility index (Phi) is 7.33. The van der Waals surface area contributed by atoms with Gasteiger partial charge in [-0.15, -0.1) is 52.9 Å². The van der Waals surface area contributed by atoms with Gasteiger partial charge in [0, 0.05) is 17.5 Å². The van der Waals surface area contributed by atoms with Crippen LogP contribution in [0, 0.1) is 19.1 Å². The molecule has 0 saturated carbocycles. The zero-order valence-corrected chi connectivity index (χ0v) is 29.7. The van der Waals surface area contributed by atoms with Crippen LogP contribution in [0.2, 0.25) is 0 Å². The number of aromatic nitrogens is 2. The third kappa shape index (κ3) is 5.31. The molecule has 0 amide bonds.